The number of hydrogen-bond acceptors (Lipinski definition) is 1. The summed E-state index contributed by atoms with van der Waals surface area (Å²) < 4.78 is 1.25. The minimum atomic E-state index is 0.709. The summed E-state index contributed by atoms with van der Waals surface area (Å²) >= 11 is 3.58. The molecule has 1 aliphatic rings. The van der Waals surface area contributed by atoms with Crippen molar-refractivity contribution in [1.82, 2.24) is 5.32 Å². The first-order valence-corrected chi connectivity index (χ1v) is 5.12. The summed E-state index contributed by atoms with van der Waals surface area (Å²) in [7, 11) is 0. The maximum Gasteiger partial charge on any atom is 0.0210 e. The fraction of sp³-hybridized carbons (Fsp3) is 0.400. The molecule has 0 spiro atoms. The van der Waals surface area contributed by atoms with E-state index in [1.807, 2.05) is 0 Å². The van der Waals surface area contributed by atoms with Gasteiger partial charge in [0.2, 0.25) is 0 Å². The van der Waals surface area contributed by atoms with Gasteiger partial charge in [0, 0.05) is 11.0 Å². The highest BCUT2D eigenvalue weighted by Crippen LogP contribution is 2.28. The minimum Gasteiger partial charge on any atom is -0.316 e. The van der Waals surface area contributed by atoms with E-state index in [2.05, 4.69) is 45.5 Å². The number of hydrogen-bond donors (Lipinski definition) is 1. The summed E-state index contributed by atoms with van der Waals surface area (Å²) in [5.41, 5.74) is 1.45. The Hall–Kier alpha value is -0.340. The first-order chi connectivity index (χ1) is 5.88. The third-order valence-electron chi connectivity index (χ3n) is 2.41. The second kappa shape index (κ2) is 3.58. The monoisotopic (exact) mass is 225 g/mol. The number of nitrogens with one attached hydrogen (secondary N) is 1. The van der Waals surface area contributed by atoms with Gasteiger partial charge in [0.05, 0.1) is 0 Å². The quantitative estimate of drug-likeness (QED) is 0.775. The molecule has 1 aromatic rings. The summed E-state index contributed by atoms with van der Waals surface area (Å²) in [5.74, 6) is 0.709. The van der Waals surface area contributed by atoms with Crippen molar-refractivity contribution >= 4 is 15.9 Å². The van der Waals surface area contributed by atoms with Gasteiger partial charge in [0.1, 0.15) is 0 Å². The zero-order valence-electron chi connectivity index (χ0n) is 6.89. The fourth-order valence-electron chi connectivity index (χ4n) is 1.73. The molecule has 1 fully saturated rings. The van der Waals surface area contributed by atoms with E-state index in [0.717, 1.165) is 13.1 Å². The highest BCUT2D eigenvalue weighted by atomic mass is 79.9. The third kappa shape index (κ3) is 1.54. The second-order valence-electron chi connectivity index (χ2n) is 3.21. The fourth-order valence-corrected chi connectivity index (χ4v) is 2.33. The van der Waals surface area contributed by atoms with Gasteiger partial charge >= 0.3 is 0 Å². The highest BCUT2D eigenvalue weighted by molar-refractivity contribution is 9.10. The normalized spacial score (nSPS) is 22.9. The zero-order chi connectivity index (χ0) is 8.39. The van der Waals surface area contributed by atoms with Gasteiger partial charge in [0.15, 0.2) is 0 Å². The van der Waals surface area contributed by atoms with E-state index in [4.69, 9.17) is 0 Å². The molecule has 0 aromatic heterocycles. The molecule has 0 amide bonds. The largest absolute Gasteiger partial charge is 0.316 e. The third-order valence-corrected chi connectivity index (χ3v) is 3.13. The van der Waals surface area contributed by atoms with Crippen LogP contribution >= 0.6 is 15.9 Å². The predicted octanol–water partition coefficient (Wildman–Crippen LogP) is 2.53. The van der Waals surface area contributed by atoms with Crippen molar-refractivity contribution in [3.63, 3.8) is 0 Å². The van der Waals surface area contributed by atoms with E-state index in [1.165, 1.54) is 16.5 Å². The molecule has 1 heterocycles. The van der Waals surface area contributed by atoms with Gasteiger partial charge in [-0.05, 0) is 30.5 Å². The summed E-state index contributed by atoms with van der Waals surface area (Å²) in [6.07, 6.45) is 1.27. The molecule has 0 saturated carbocycles. The average Bonchev–Trinajstić information content (AvgIpc) is 2.57. The van der Waals surface area contributed by atoms with Crippen molar-refractivity contribution in [3.05, 3.63) is 34.3 Å². The van der Waals surface area contributed by atoms with Crippen LogP contribution in [0.1, 0.15) is 17.9 Å². The molecule has 2 rings (SSSR count). The smallest absolute Gasteiger partial charge is 0.0210 e. The first kappa shape index (κ1) is 8.27. The number of rotatable bonds is 1. The molecule has 1 nitrogen and oxygen atoms in total. The highest BCUT2D eigenvalue weighted by Gasteiger charge is 2.17. The van der Waals surface area contributed by atoms with Crippen LogP contribution in [0.4, 0.5) is 0 Å². The SMILES string of the molecule is Brc1ccccc1[C@@H]1CCNC1. The van der Waals surface area contributed by atoms with Crippen LogP contribution in [0, 0.1) is 0 Å². The van der Waals surface area contributed by atoms with Gasteiger partial charge in [-0.15, -0.1) is 0 Å². The first-order valence-electron chi connectivity index (χ1n) is 4.33. The maximum absolute atomic E-state index is 3.58. The van der Waals surface area contributed by atoms with Crippen LogP contribution in [-0.2, 0) is 0 Å². The van der Waals surface area contributed by atoms with E-state index in [9.17, 15) is 0 Å². The van der Waals surface area contributed by atoms with E-state index in [0.29, 0.717) is 5.92 Å². The van der Waals surface area contributed by atoms with E-state index < -0.39 is 0 Å². The Labute approximate surface area is 81.3 Å². The van der Waals surface area contributed by atoms with Crippen molar-refractivity contribution in [3.8, 4) is 0 Å². The van der Waals surface area contributed by atoms with Crippen LogP contribution in [0.2, 0.25) is 0 Å². The Bertz CT molecular complexity index is 266. The molecule has 0 bridgehead atoms. The summed E-state index contributed by atoms with van der Waals surface area (Å²) in [5, 5.41) is 3.38. The van der Waals surface area contributed by atoms with Crippen LogP contribution in [0.5, 0.6) is 0 Å². The predicted molar refractivity (Wildman–Crippen MR) is 54.4 cm³/mol. The summed E-state index contributed by atoms with van der Waals surface area (Å²) in [6.45, 7) is 2.29. The van der Waals surface area contributed by atoms with E-state index in [-0.39, 0.29) is 0 Å². The number of benzene rings is 1. The second-order valence-corrected chi connectivity index (χ2v) is 4.07. The van der Waals surface area contributed by atoms with Gasteiger partial charge in [-0.2, -0.15) is 0 Å². The zero-order valence-corrected chi connectivity index (χ0v) is 8.47. The van der Waals surface area contributed by atoms with Gasteiger partial charge in [-0.1, -0.05) is 34.1 Å². The Kier molecular flexibility index (Phi) is 2.47. The molecule has 2 heteroatoms. The van der Waals surface area contributed by atoms with Crippen molar-refractivity contribution in [2.45, 2.75) is 12.3 Å². The molecule has 0 radical (unpaired) electrons. The van der Waals surface area contributed by atoms with Crippen LogP contribution in [0.3, 0.4) is 0 Å². The number of halogens is 1. The van der Waals surface area contributed by atoms with Crippen LogP contribution in [0.25, 0.3) is 0 Å². The Balaban J connectivity index is 2.26. The molecule has 0 aliphatic carbocycles. The maximum atomic E-state index is 3.58. The van der Waals surface area contributed by atoms with Gasteiger partial charge in [0.25, 0.3) is 0 Å². The molecule has 64 valence electrons. The molecule has 1 aliphatic heterocycles. The molecule has 1 saturated heterocycles. The van der Waals surface area contributed by atoms with Crippen LogP contribution in [-0.4, -0.2) is 13.1 Å². The molecule has 1 atom stereocenters. The van der Waals surface area contributed by atoms with Crippen molar-refractivity contribution in [1.29, 1.82) is 0 Å². The molecular formula is C10H12BrN. The standard InChI is InChI=1S/C10H12BrN/c11-10-4-2-1-3-9(10)8-5-6-12-7-8/h1-4,8,12H,5-7H2/t8-/m1/s1. The lowest BCUT2D eigenvalue weighted by atomic mass is 9.99. The molecule has 0 unspecified atom stereocenters. The minimum absolute atomic E-state index is 0.709. The van der Waals surface area contributed by atoms with Gasteiger partial charge in [-0.25, -0.2) is 0 Å². The molecule has 1 N–H and O–H groups in total. The van der Waals surface area contributed by atoms with Gasteiger partial charge < -0.3 is 5.32 Å². The Morgan fingerprint density at radius 2 is 2.17 bits per heavy atom. The lowest BCUT2D eigenvalue weighted by Gasteiger charge is -2.09. The van der Waals surface area contributed by atoms with E-state index >= 15 is 0 Å². The summed E-state index contributed by atoms with van der Waals surface area (Å²) in [6, 6.07) is 8.50. The lowest BCUT2D eigenvalue weighted by Crippen LogP contribution is -2.08. The van der Waals surface area contributed by atoms with Gasteiger partial charge in [-0.3, -0.25) is 0 Å². The van der Waals surface area contributed by atoms with E-state index in [1.54, 1.807) is 0 Å². The average molecular weight is 226 g/mol. The van der Waals surface area contributed by atoms with Crippen molar-refractivity contribution in [2.75, 3.05) is 13.1 Å². The van der Waals surface area contributed by atoms with Crippen molar-refractivity contribution < 1.29 is 0 Å². The molecule has 1 aromatic carbocycles. The topological polar surface area (TPSA) is 12.0 Å². The summed E-state index contributed by atoms with van der Waals surface area (Å²) in [4.78, 5) is 0. The van der Waals surface area contributed by atoms with Crippen LogP contribution in [0.15, 0.2) is 28.7 Å². The molecular weight excluding hydrogens is 214 g/mol. The van der Waals surface area contributed by atoms with Crippen LogP contribution < -0.4 is 5.32 Å². The lowest BCUT2D eigenvalue weighted by molar-refractivity contribution is 0.759. The Morgan fingerprint density at radius 1 is 1.33 bits per heavy atom. The molecule has 12 heavy (non-hydrogen) atoms. The van der Waals surface area contributed by atoms with Crippen molar-refractivity contribution in [2.24, 2.45) is 0 Å². The Morgan fingerprint density at radius 3 is 2.83 bits per heavy atom.